The van der Waals surface area contributed by atoms with Gasteiger partial charge in [-0.3, -0.25) is 10.1 Å². The third kappa shape index (κ3) is 1.79. The summed E-state index contributed by atoms with van der Waals surface area (Å²) in [5, 5.41) is 3.32. The van der Waals surface area contributed by atoms with Crippen LogP contribution in [-0.4, -0.2) is 30.1 Å². The van der Waals surface area contributed by atoms with Crippen molar-refractivity contribution in [3.05, 3.63) is 0 Å². The Hall–Kier alpha value is -0.570. The second kappa shape index (κ2) is 3.71. The van der Waals surface area contributed by atoms with Crippen LogP contribution in [0, 0.1) is 22.7 Å². The van der Waals surface area contributed by atoms with Crippen molar-refractivity contribution in [1.82, 2.24) is 10.2 Å². The molecular weight excluding hydrogens is 212 g/mol. The lowest BCUT2D eigenvalue weighted by molar-refractivity contribution is -0.128. The van der Waals surface area contributed by atoms with E-state index in [-0.39, 0.29) is 12.1 Å². The van der Waals surface area contributed by atoms with Gasteiger partial charge in [-0.1, -0.05) is 41.5 Å². The van der Waals surface area contributed by atoms with Crippen LogP contribution in [0.2, 0.25) is 0 Å². The van der Waals surface area contributed by atoms with Crippen LogP contribution in [-0.2, 0) is 4.79 Å². The summed E-state index contributed by atoms with van der Waals surface area (Å²) in [6.45, 7) is 15.0. The number of hydrogen-bond acceptors (Lipinski definition) is 2. The highest BCUT2D eigenvalue weighted by Gasteiger charge is 2.65. The maximum Gasteiger partial charge on any atom is 0.237 e. The Morgan fingerprint density at radius 1 is 1.29 bits per heavy atom. The molecule has 98 valence electrons. The maximum absolute atomic E-state index is 11.9. The molecule has 2 rings (SSSR count). The van der Waals surface area contributed by atoms with Crippen molar-refractivity contribution < 1.29 is 4.79 Å². The third-order valence-corrected chi connectivity index (χ3v) is 5.45. The Labute approximate surface area is 105 Å². The minimum absolute atomic E-state index is 0.231. The SMILES string of the molecule is CC(C)C1NCC(=O)N1CC1C(C)(C)C1(C)C. The molecule has 1 atom stereocenters. The number of rotatable bonds is 3. The van der Waals surface area contributed by atoms with Crippen molar-refractivity contribution in [1.29, 1.82) is 0 Å². The molecule has 1 saturated carbocycles. The summed E-state index contributed by atoms with van der Waals surface area (Å²) < 4.78 is 0. The summed E-state index contributed by atoms with van der Waals surface area (Å²) in [4.78, 5) is 14.0. The largest absolute Gasteiger partial charge is 0.325 e. The van der Waals surface area contributed by atoms with E-state index in [1.54, 1.807) is 0 Å². The van der Waals surface area contributed by atoms with Gasteiger partial charge in [0.25, 0.3) is 0 Å². The van der Waals surface area contributed by atoms with Crippen LogP contribution in [0.25, 0.3) is 0 Å². The van der Waals surface area contributed by atoms with Gasteiger partial charge in [0.15, 0.2) is 0 Å². The average Bonchev–Trinajstić information content (AvgIpc) is 2.51. The molecule has 1 heterocycles. The van der Waals surface area contributed by atoms with Crippen molar-refractivity contribution in [3.8, 4) is 0 Å². The average molecular weight is 238 g/mol. The fourth-order valence-corrected chi connectivity index (χ4v) is 3.36. The van der Waals surface area contributed by atoms with Gasteiger partial charge in [-0.15, -0.1) is 0 Å². The van der Waals surface area contributed by atoms with Crippen LogP contribution in [0.1, 0.15) is 41.5 Å². The topological polar surface area (TPSA) is 32.3 Å². The lowest BCUT2D eigenvalue weighted by Gasteiger charge is -2.28. The number of nitrogens with one attached hydrogen (secondary N) is 1. The number of amides is 1. The second-order valence-electron chi connectivity index (χ2n) is 7.11. The van der Waals surface area contributed by atoms with Crippen molar-refractivity contribution in [2.75, 3.05) is 13.1 Å². The van der Waals surface area contributed by atoms with E-state index in [9.17, 15) is 4.79 Å². The highest BCUT2D eigenvalue weighted by molar-refractivity contribution is 5.80. The van der Waals surface area contributed by atoms with Crippen LogP contribution in [0.5, 0.6) is 0 Å². The van der Waals surface area contributed by atoms with E-state index < -0.39 is 0 Å². The van der Waals surface area contributed by atoms with Crippen LogP contribution in [0.4, 0.5) is 0 Å². The summed E-state index contributed by atoms with van der Waals surface area (Å²) in [7, 11) is 0. The molecule has 1 aliphatic carbocycles. The van der Waals surface area contributed by atoms with Gasteiger partial charge < -0.3 is 4.90 Å². The highest BCUT2D eigenvalue weighted by atomic mass is 16.2. The molecule has 2 fully saturated rings. The smallest absolute Gasteiger partial charge is 0.237 e. The quantitative estimate of drug-likeness (QED) is 0.816. The molecule has 1 unspecified atom stereocenters. The zero-order chi connectivity index (χ0) is 13.0. The maximum atomic E-state index is 11.9. The van der Waals surface area contributed by atoms with Crippen molar-refractivity contribution in [2.45, 2.75) is 47.7 Å². The van der Waals surface area contributed by atoms with E-state index >= 15 is 0 Å². The molecule has 2 aliphatic rings. The van der Waals surface area contributed by atoms with Gasteiger partial charge in [0.2, 0.25) is 5.91 Å². The Bertz CT molecular complexity index is 319. The van der Waals surface area contributed by atoms with E-state index in [1.165, 1.54) is 0 Å². The van der Waals surface area contributed by atoms with Gasteiger partial charge in [-0.2, -0.15) is 0 Å². The molecule has 1 aliphatic heterocycles. The van der Waals surface area contributed by atoms with E-state index in [2.05, 4.69) is 51.8 Å². The normalized spacial score (nSPS) is 31.4. The Balaban J connectivity index is 2.06. The van der Waals surface area contributed by atoms with Crippen molar-refractivity contribution >= 4 is 5.91 Å². The molecule has 1 amide bonds. The zero-order valence-corrected chi connectivity index (χ0v) is 12.0. The first-order valence-corrected chi connectivity index (χ1v) is 6.72. The number of carbonyl (C=O) groups is 1. The van der Waals surface area contributed by atoms with Gasteiger partial charge in [0.1, 0.15) is 0 Å². The van der Waals surface area contributed by atoms with Gasteiger partial charge in [-0.25, -0.2) is 0 Å². The van der Waals surface area contributed by atoms with Gasteiger partial charge in [-0.05, 0) is 22.7 Å². The Morgan fingerprint density at radius 3 is 2.24 bits per heavy atom. The first kappa shape index (κ1) is 12.9. The van der Waals surface area contributed by atoms with E-state index in [1.807, 2.05) is 0 Å². The minimum atomic E-state index is 0.231. The number of carbonyl (C=O) groups excluding carboxylic acids is 1. The van der Waals surface area contributed by atoms with E-state index in [0.29, 0.717) is 29.2 Å². The number of hydrogen-bond donors (Lipinski definition) is 1. The fourth-order valence-electron chi connectivity index (χ4n) is 3.36. The van der Waals surface area contributed by atoms with Crippen molar-refractivity contribution in [3.63, 3.8) is 0 Å². The molecule has 1 N–H and O–H groups in total. The second-order valence-corrected chi connectivity index (χ2v) is 7.11. The first-order valence-electron chi connectivity index (χ1n) is 6.72. The lowest BCUT2D eigenvalue weighted by atomic mass is 10.0. The molecule has 0 bridgehead atoms. The summed E-state index contributed by atoms with van der Waals surface area (Å²) in [5.74, 6) is 1.37. The molecule has 0 radical (unpaired) electrons. The Kier molecular flexibility index (Phi) is 2.81. The predicted octanol–water partition coefficient (Wildman–Crippen LogP) is 2.08. The molecule has 0 aromatic carbocycles. The number of nitrogens with zero attached hydrogens (tertiary/aromatic N) is 1. The summed E-state index contributed by atoms with van der Waals surface area (Å²) in [6.07, 6.45) is 0.231. The fraction of sp³-hybridized carbons (Fsp3) is 0.929. The lowest BCUT2D eigenvalue weighted by Crippen LogP contribution is -2.42. The molecule has 3 heteroatoms. The van der Waals surface area contributed by atoms with Crippen LogP contribution < -0.4 is 5.32 Å². The molecule has 3 nitrogen and oxygen atoms in total. The highest BCUT2D eigenvalue weighted by Crippen LogP contribution is 2.68. The minimum Gasteiger partial charge on any atom is -0.325 e. The van der Waals surface area contributed by atoms with Gasteiger partial charge in [0.05, 0.1) is 12.7 Å². The Morgan fingerprint density at radius 2 is 1.82 bits per heavy atom. The molecular formula is C14H26N2O. The van der Waals surface area contributed by atoms with Crippen LogP contribution >= 0.6 is 0 Å². The first-order chi connectivity index (χ1) is 7.69. The zero-order valence-electron chi connectivity index (χ0n) is 12.0. The van der Waals surface area contributed by atoms with Crippen molar-refractivity contribution in [2.24, 2.45) is 22.7 Å². The third-order valence-electron chi connectivity index (χ3n) is 5.45. The summed E-state index contributed by atoms with van der Waals surface area (Å²) in [6, 6.07) is 0. The van der Waals surface area contributed by atoms with Crippen LogP contribution in [0.15, 0.2) is 0 Å². The summed E-state index contributed by atoms with van der Waals surface area (Å²) >= 11 is 0. The van der Waals surface area contributed by atoms with Gasteiger partial charge in [0, 0.05) is 6.54 Å². The molecule has 17 heavy (non-hydrogen) atoms. The van der Waals surface area contributed by atoms with E-state index in [0.717, 1.165) is 6.54 Å². The standard InChI is InChI=1S/C14H26N2O/c1-9(2)12-15-7-11(17)16(12)8-10-13(3,4)14(10,5)6/h9-10,12,15H,7-8H2,1-6H3. The molecule has 0 aromatic rings. The molecule has 1 saturated heterocycles. The molecule has 0 aromatic heterocycles. The monoisotopic (exact) mass is 238 g/mol. The predicted molar refractivity (Wildman–Crippen MR) is 69.4 cm³/mol. The van der Waals surface area contributed by atoms with Gasteiger partial charge >= 0.3 is 0 Å². The molecule has 0 spiro atoms. The summed E-state index contributed by atoms with van der Waals surface area (Å²) in [5.41, 5.74) is 0.717. The van der Waals surface area contributed by atoms with E-state index in [4.69, 9.17) is 0 Å². The van der Waals surface area contributed by atoms with Crippen LogP contribution in [0.3, 0.4) is 0 Å².